The van der Waals surface area contributed by atoms with E-state index in [0.717, 1.165) is 32.4 Å². The van der Waals surface area contributed by atoms with Crippen LogP contribution in [-0.4, -0.2) is 45.1 Å². The van der Waals surface area contributed by atoms with E-state index in [1.54, 1.807) is 19.3 Å². The van der Waals surface area contributed by atoms with Gasteiger partial charge in [-0.2, -0.15) is 0 Å². The maximum Gasteiger partial charge on any atom is 0.337 e. The Labute approximate surface area is 155 Å². The zero-order valence-electron chi connectivity index (χ0n) is 14.7. The van der Waals surface area contributed by atoms with Crippen molar-refractivity contribution in [1.29, 1.82) is 0 Å². The first-order valence-corrected chi connectivity index (χ1v) is 8.93. The van der Waals surface area contributed by atoms with Gasteiger partial charge < -0.3 is 14.0 Å². The number of ether oxygens (including phenoxy) is 2. The molecule has 0 unspecified atom stereocenters. The lowest BCUT2D eigenvalue weighted by Crippen LogP contribution is -2.42. The first kappa shape index (κ1) is 20.1. The smallest absolute Gasteiger partial charge is 0.337 e. The van der Waals surface area contributed by atoms with E-state index in [2.05, 4.69) is 14.9 Å². The van der Waals surface area contributed by atoms with Crippen LogP contribution in [0.1, 0.15) is 31.2 Å². The summed E-state index contributed by atoms with van der Waals surface area (Å²) in [4.78, 5) is 37.0. The summed E-state index contributed by atoms with van der Waals surface area (Å²) in [7, 11) is -0.456. The summed E-state index contributed by atoms with van der Waals surface area (Å²) in [5.41, 5.74) is 1.94. The Balaban J connectivity index is 2.33. The van der Waals surface area contributed by atoms with E-state index in [9.17, 15) is 22.8 Å². The molecule has 10 nitrogen and oxygen atoms in total. The van der Waals surface area contributed by atoms with Crippen molar-refractivity contribution in [3.63, 3.8) is 0 Å². The quantitative estimate of drug-likeness (QED) is 0.528. The second-order valence-electron chi connectivity index (χ2n) is 5.29. The molecule has 1 heterocycles. The predicted octanol–water partition coefficient (Wildman–Crippen LogP) is 0.222. The third-order valence-corrected chi connectivity index (χ3v) is 4.76. The maximum absolute atomic E-state index is 12.5. The van der Waals surface area contributed by atoms with Gasteiger partial charge >= 0.3 is 11.9 Å². The number of nitrogens with one attached hydrogen (secondary N) is 2. The van der Waals surface area contributed by atoms with Crippen molar-refractivity contribution >= 4 is 27.9 Å². The Morgan fingerprint density at radius 2 is 1.56 bits per heavy atom. The van der Waals surface area contributed by atoms with Crippen molar-refractivity contribution < 1.29 is 32.3 Å². The molecule has 0 fully saturated rings. The van der Waals surface area contributed by atoms with Crippen LogP contribution in [0.3, 0.4) is 0 Å². The van der Waals surface area contributed by atoms with Crippen molar-refractivity contribution in [2.75, 3.05) is 14.2 Å². The summed E-state index contributed by atoms with van der Waals surface area (Å²) in [6.45, 7) is 0. The predicted molar refractivity (Wildman–Crippen MR) is 92.3 cm³/mol. The SMILES string of the molecule is COC(=O)c1cc(C(=O)OC)cc(S(=O)(=O)NNC(=O)c2cccn2C)c1. The van der Waals surface area contributed by atoms with Gasteiger partial charge in [0, 0.05) is 13.2 Å². The molecule has 27 heavy (non-hydrogen) atoms. The Kier molecular flexibility index (Phi) is 5.98. The Hall–Kier alpha value is -3.18. The van der Waals surface area contributed by atoms with Gasteiger partial charge in [-0.25, -0.2) is 18.0 Å². The number of amides is 1. The van der Waals surface area contributed by atoms with Crippen LogP contribution >= 0.6 is 0 Å². The Bertz CT molecular complexity index is 961. The van der Waals surface area contributed by atoms with E-state index in [0.29, 0.717) is 0 Å². The molecule has 0 aliphatic heterocycles. The van der Waals surface area contributed by atoms with Crippen LogP contribution in [0.5, 0.6) is 0 Å². The number of rotatable bonds is 6. The van der Waals surface area contributed by atoms with Crippen LogP contribution in [-0.2, 0) is 26.5 Å². The molecule has 0 saturated carbocycles. The standard InChI is InChI=1S/C16H17N3O7S/c1-19-6-4-5-13(19)14(20)17-18-27(23,24)12-8-10(15(21)25-2)7-11(9-12)16(22)26-3/h4-9,18H,1-3H3,(H,17,20). The molecule has 0 radical (unpaired) electrons. The summed E-state index contributed by atoms with van der Waals surface area (Å²) in [5.74, 6) is -2.38. The van der Waals surface area contributed by atoms with Crippen LogP contribution in [0.15, 0.2) is 41.4 Å². The summed E-state index contributed by atoms with van der Waals surface area (Å²) >= 11 is 0. The molecule has 1 aromatic heterocycles. The number of hydrogen-bond donors (Lipinski definition) is 2. The monoisotopic (exact) mass is 395 g/mol. The molecule has 0 atom stereocenters. The topological polar surface area (TPSA) is 133 Å². The number of nitrogens with zero attached hydrogens (tertiary/aromatic N) is 1. The molecule has 2 aromatic rings. The second kappa shape index (κ2) is 8.01. The van der Waals surface area contributed by atoms with E-state index >= 15 is 0 Å². The third-order valence-electron chi connectivity index (χ3n) is 3.53. The van der Waals surface area contributed by atoms with Gasteiger partial charge in [0.15, 0.2) is 0 Å². The fraction of sp³-hybridized carbons (Fsp3) is 0.188. The van der Waals surface area contributed by atoms with Crippen molar-refractivity contribution in [3.8, 4) is 0 Å². The van der Waals surface area contributed by atoms with Crippen LogP contribution in [0, 0.1) is 0 Å². The van der Waals surface area contributed by atoms with Gasteiger partial charge in [0.05, 0.1) is 30.2 Å². The highest BCUT2D eigenvalue weighted by Crippen LogP contribution is 2.17. The number of hydrogen-bond acceptors (Lipinski definition) is 7. The van der Waals surface area contributed by atoms with Gasteiger partial charge in [0.25, 0.3) is 15.9 Å². The third kappa shape index (κ3) is 4.51. The number of aryl methyl sites for hydroxylation is 1. The van der Waals surface area contributed by atoms with Crippen molar-refractivity contribution in [3.05, 3.63) is 53.3 Å². The summed E-state index contributed by atoms with van der Waals surface area (Å²) in [6.07, 6.45) is 1.62. The van der Waals surface area contributed by atoms with Gasteiger partial charge in [-0.1, -0.05) is 0 Å². The minimum Gasteiger partial charge on any atom is -0.465 e. The number of methoxy groups -OCH3 is 2. The van der Waals surface area contributed by atoms with Crippen LogP contribution < -0.4 is 10.3 Å². The van der Waals surface area contributed by atoms with Crippen LogP contribution in [0.25, 0.3) is 0 Å². The molecular formula is C16H17N3O7S. The number of benzene rings is 1. The summed E-state index contributed by atoms with van der Waals surface area (Å²) < 4.78 is 35.6. The normalized spacial score (nSPS) is 10.9. The second-order valence-corrected chi connectivity index (χ2v) is 6.98. The van der Waals surface area contributed by atoms with E-state index in [1.807, 2.05) is 4.83 Å². The molecule has 2 rings (SSSR count). The first-order valence-electron chi connectivity index (χ1n) is 7.45. The highest BCUT2D eigenvalue weighted by atomic mass is 32.2. The first-order chi connectivity index (χ1) is 12.7. The molecule has 11 heteroatoms. The number of carbonyl (C=O) groups excluding carboxylic acids is 3. The zero-order valence-corrected chi connectivity index (χ0v) is 15.5. The fourth-order valence-electron chi connectivity index (χ4n) is 2.16. The van der Waals surface area contributed by atoms with E-state index in [-0.39, 0.29) is 16.8 Å². The lowest BCUT2D eigenvalue weighted by atomic mass is 10.1. The van der Waals surface area contributed by atoms with Crippen molar-refractivity contribution in [2.24, 2.45) is 7.05 Å². The zero-order chi connectivity index (χ0) is 20.2. The molecule has 0 aliphatic carbocycles. The molecule has 2 N–H and O–H groups in total. The highest BCUT2D eigenvalue weighted by Gasteiger charge is 2.22. The fourth-order valence-corrected chi connectivity index (χ4v) is 3.07. The molecule has 0 spiro atoms. The Morgan fingerprint density at radius 3 is 2.00 bits per heavy atom. The summed E-state index contributed by atoms with van der Waals surface area (Å²) in [6, 6.07) is 6.27. The molecule has 144 valence electrons. The largest absolute Gasteiger partial charge is 0.465 e. The van der Waals surface area contributed by atoms with Gasteiger partial charge in [-0.05, 0) is 30.3 Å². The van der Waals surface area contributed by atoms with Crippen molar-refractivity contribution in [1.82, 2.24) is 14.8 Å². The molecule has 1 amide bonds. The number of sulfonamides is 1. The minimum absolute atomic E-state index is 0.172. The number of esters is 2. The van der Waals surface area contributed by atoms with E-state index < -0.39 is 32.8 Å². The minimum atomic E-state index is -4.29. The van der Waals surface area contributed by atoms with Gasteiger partial charge in [0.2, 0.25) is 0 Å². The molecular weight excluding hydrogens is 378 g/mol. The van der Waals surface area contributed by atoms with Crippen LogP contribution in [0.4, 0.5) is 0 Å². The lowest BCUT2D eigenvalue weighted by molar-refractivity contribution is 0.0598. The average Bonchev–Trinajstić information content (AvgIpc) is 3.10. The number of carbonyl (C=O) groups is 3. The number of aromatic nitrogens is 1. The maximum atomic E-state index is 12.5. The molecule has 0 saturated heterocycles. The molecule has 1 aromatic carbocycles. The van der Waals surface area contributed by atoms with E-state index in [4.69, 9.17) is 0 Å². The van der Waals surface area contributed by atoms with Crippen LogP contribution in [0.2, 0.25) is 0 Å². The van der Waals surface area contributed by atoms with Gasteiger partial charge in [-0.3, -0.25) is 10.2 Å². The Morgan fingerprint density at radius 1 is 1.00 bits per heavy atom. The van der Waals surface area contributed by atoms with E-state index in [1.165, 1.54) is 10.6 Å². The molecule has 0 aliphatic rings. The summed E-state index contributed by atoms with van der Waals surface area (Å²) in [5, 5.41) is 0. The lowest BCUT2D eigenvalue weighted by Gasteiger charge is -2.11. The number of hydrazine groups is 1. The average molecular weight is 395 g/mol. The van der Waals surface area contributed by atoms with Crippen molar-refractivity contribution in [2.45, 2.75) is 4.90 Å². The van der Waals surface area contributed by atoms with Gasteiger partial charge in [0.1, 0.15) is 5.69 Å². The highest BCUT2D eigenvalue weighted by molar-refractivity contribution is 7.89. The van der Waals surface area contributed by atoms with Gasteiger partial charge in [-0.15, -0.1) is 4.83 Å². The molecule has 0 bridgehead atoms.